The fraction of sp³-hybridized carbons (Fsp3) is 0.714. The smallest absolute Gasteiger partial charge is 0.331 e. The van der Waals surface area contributed by atoms with E-state index in [1.54, 1.807) is 13.0 Å². The maximum absolute atomic E-state index is 12.2. The minimum Gasteiger partial charge on any atom is -0.478 e. The maximum Gasteiger partial charge on any atom is 0.331 e. The third-order valence-corrected chi connectivity index (χ3v) is 9.08. The van der Waals surface area contributed by atoms with Gasteiger partial charge in [0, 0.05) is 17.1 Å². The van der Waals surface area contributed by atoms with Gasteiger partial charge in [0.25, 0.3) is 0 Å². The molecule has 6 heteroatoms. The first-order chi connectivity index (χ1) is 15.8. The summed E-state index contributed by atoms with van der Waals surface area (Å²) >= 11 is 0. The third-order valence-electron chi connectivity index (χ3n) is 9.08. The largest absolute Gasteiger partial charge is 0.478 e. The van der Waals surface area contributed by atoms with E-state index in [1.165, 1.54) is 5.57 Å². The molecule has 1 saturated heterocycles. The Labute approximate surface area is 203 Å². The molecule has 3 aliphatic carbocycles. The Morgan fingerprint density at radius 3 is 2.50 bits per heavy atom. The summed E-state index contributed by atoms with van der Waals surface area (Å²) in [6, 6.07) is 0. The molecule has 2 fully saturated rings. The van der Waals surface area contributed by atoms with Gasteiger partial charge >= 0.3 is 11.9 Å². The van der Waals surface area contributed by atoms with Crippen molar-refractivity contribution in [3.05, 3.63) is 34.9 Å². The predicted octanol–water partition coefficient (Wildman–Crippen LogP) is 5.59. The second-order valence-electron chi connectivity index (χ2n) is 11.9. The topological polar surface area (TPSA) is 93.1 Å². The fourth-order valence-electron chi connectivity index (χ4n) is 7.20. The van der Waals surface area contributed by atoms with Crippen molar-refractivity contribution in [3.63, 3.8) is 0 Å². The molecule has 4 aliphatic rings. The predicted molar refractivity (Wildman–Crippen MR) is 129 cm³/mol. The first-order valence-corrected chi connectivity index (χ1v) is 12.7. The third kappa shape index (κ3) is 4.51. The number of hydrogen-bond donors (Lipinski definition) is 2. The molecular weight excluding hydrogens is 432 g/mol. The summed E-state index contributed by atoms with van der Waals surface area (Å²) in [4.78, 5) is 23.6. The molecule has 188 valence electrons. The highest BCUT2D eigenvalue weighted by Crippen LogP contribution is 2.58. The van der Waals surface area contributed by atoms with Gasteiger partial charge in [-0.1, -0.05) is 38.5 Å². The van der Waals surface area contributed by atoms with Crippen molar-refractivity contribution in [2.75, 3.05) is 0 Å². The standard InChI is InChI=1S/C28H40O6/c1-15-7-8-19-20(26(31)32)9-10-22-18(11-12-28(22,6)14-21(15)19)17(3)24-23(13-16(2)25(29)30)33-27(4,5)34-24/h9,11,13,15,17,19,21-24H,7-8,10,12,14H2,1-6H3,(H,29,30)(H,31,32)/b16-13+,20-9?/t15-,17-,19-,21-,22-,23?,24-,28+/m1/s1. The van der Waals surface area contributed by atoms with Crippen LogP contribution in [0.4, 0.5) is 0 Å². The summed E-state index contributed by atoms with van der Waals surface area (Å²) in [5, 5.41) is 19.4. The normalized spacial score (nSPS) is 40.5. The number of allylic oxidation sites excluding steroid dienone is 2. The average Bonchev–Trinajstić information content (AvgIpc) is 3.34. The van der Waals surface area contributed by atoms with Crippen LogP contribution in [-0.2, 0) is 19.1 Å². The molecule has 2 N–H and O–H groups in total. The Hall–Kier alpha value is -1.92. The molecule has 0 amide bonds. The molecule has 0 radical (unpaired) electrons. The van der Waals surface area contributed by atoms with Crippen LogP contribution in [-0.4, -0.2) is 40.1 Å². The zero-order valence-electron chi connectivity index (χ0n) is 21.3. The average molecular weight is 473 g/mol. The first kappa shape index (κ1) is 25.2. The van der Waals surface area contributed by atoms with Crippen LogP contribution in [0.1, 0.15) is 73.6 Å². The Morgan fingerprint density at radius 2 is 1.85 bits per heavy atom. The molecule has 1 saturated carbocycles. The summed E-state index contributed by atoms with van der Waals surface area (Å²) in [5.41, 5.74) is 2.23. The highest BCUT2D eigenvalue weighted by atomic mass is 16.7. The first-order valence-electron chi connectivity index (χ1n) is 12.7. The van der Waals surface area contributed by atoms with Crippen LogP contribution in [0, 0.1) is 35.0 Å². The van der Waals surface area contributed by atoms with Crippen LogP contribution in [0.2, 0.25) is 0 Å². The molecule has 0 aromatic heterocycles. The number of hydrogen-bond acceptors (Lipinski definition) is 4. The zero-order chi connectivity index (χ0) is 25.0. The van der Waals surface area contributed by atoms with Gasteiger partial charge in [0.05, 0.1) is 6.10 Å². The lowest BCUT2D eigenvalue weighted by atomic mass is 9.63. The second-order valence-corrected chi connectivity index (χ2v) is 11.9. The monoisotopic (exact) mass is 472 g/mol. The van der Waals surface area contributed by atoms with E-state index in [2.05, 4.69) is 26.8 Å². The van der Waals surface area contributed by atoms with Crippen LogP contribution < -0.4 is 0 Å². The van der Waals surface area contributed by atoms with E-state index in [0.717, 1.165) is 32.1 Å². The zero-order valence-corrected chi connectivity index (χ0v) is 21.3. The minimum absolute atomic E-state index is 0.0225. The lowest BCUT2D eigenvalue weighted by Gasteiger charge is -2.41. The Kier molecular flexibility index (Phi) is 6.62. The summed E-state index contributed by atoms with van der Waals surface area (Å²) < 4.78 is 12.4. The quantitative estimate of drug-likeness (QED) is 0.400. The van der Waals surface area contributed by atoms with E-state index in [0.29, 0.717) is 17.4 Å². The van der Waals surface area contributed by atoms with E-state index in [1.807, 2.05) is 19.9 Å². The van der Waals surface area contributed by atoms with Gasteiger partial charge in [0.15, 0.2) is 5.79 Å². The number of carbonyl (C=O) groups is 2. The maximum atomic E-state index is 12.2. The fourth-order valence-corrected chi connectivity index (χ4v) is 7.20. The molecule has 0 bridgehead atoms. The highest BCUT2D eigenvalue weighted by Gasteiger charge is 2.51. The van der Waals surface area contributed by atoms with Gasteiger partial charge in [-0.25, -0.2) is 9.59 Å². The van der Waals surface area contributed by atoms with Gasteiger partial charge in [-0.05, 0) is 88.0 Å². The van der Waals surface area contributed by atoms with Crippen molar-refractivity contribution in [3.8, 4) is 0 Å². The van der Waals surface area contributed by atoms with Crippen LogP contribution in [0.5, 0.6) is 0 Å². The molecule has 8 atom stereocenters. The van der Waals surface area contributed by atoms with Crippen molar-refractivity contribution in [2.45, 2.75) is 91.6 Å². The summed E-state index contributed by atoms with van der Waals surface area (Å²) in [5.74, 6) is -1.18. The van der Waals surface area contributed by atoms with Gasteiger partial charge in [0.2, 0.25) is 0 Å². The van der Waals surface area contributed by atoms with Crippen LogP contribution in [0.15, 0.2) is 34.9 Å². The number of carboxylic acid groups (broad SMARTS) is 2. The molecule has 0 spiro atoms. The van der Waals surface area contributed by atoms with Gasteiger partial charge in [-0.2, -0.15) is 0 Å². The Balaban J connectivity index is 1.65. The molecular formula is C28H40O6. The van der Waals surface area contributed by atoms with Gasteiger partial charge in [-0.15, -0.1) is 0 Å². The number of carboxylic acids is 2. The molecule has 0 aromatic carbocycles. The lowest BCUT2D eigenvalue weighted by Crippen LogP contribution is -2.37. The van der Waals surface area contributed by atoms with Gasteiger partial charge < -0.3 is 19.7 Å². The highest BCUT2D eigenvalue weighted by molar-refractivity contribution is 5.87. The molecule has 1 aliphatic heterocycles. The van der Waals surface area contributed by atoms with Crippen molar-refractivity contribution in [1.82, 2.24) is 0 Å². The number of fused-ring (bicyclic) bond motifs is 2. The van der Waals surface area contributed by atoms with E-state index in [-0.39, 0.29) is 34.8 Å². The van der Waals surface area contributed by atoms with E-state index < -0.39 is 23.8 Å². The number of rotatable bonds is 5. The van der Waals surface area contributed by atoms with Crippen molar-refractivity contribution < 1.29 is 29.3 Å². The van der Waals surface area contributed by atoms with Crippen LogP contribution in [0.3, 0.4) is 0 Å². The van der Waals surface area contributed by atoms with Crippen LogP contribution in [0.25, 0.3) is 0 Å². The Bertz CT molecular complexity index is 943. The van der Waals surface area contributed by atoms with E-state index in [9.17, 15) is 19.8 Å². The van der Waals surface area contributed by atoms with Crippen molar-refractivity contribution in [1.29, 1.82) is 0 Å². The molecule has 1 unspecified atom stereocenters. The summed E-state index contributed by atoms with van der Waals surface area (Å²) in [6.07, 6.45) is 10.1. The van der Waals surface area contributed by atoms with Crippen LogP contribution >= 0.6 is 0 Å². The molecule has 34 heavy (non-hydrogen) atoms. The summed E-state index contributed by atoms with van der Waals surface area (Å²) in [6.45, 7) is 12.1. The van der Waals surface area contributed by atoms with E-state index >= 15 is 0 Å². The lowest BCUT2D eigenvalue weighted by molar-refractivity contribution is -0.146. The van der Waals surface area contributed by atoms with Gasteiger partial charge in [-0.3, -0.25) is 0 Å². The van der Waals surface area contributed by atoms with Gasteiger partial charge in [0.1, 0.15) is 6.10 Å². The Morgan fingerprint density at radius 1 is 1.15 bits per heavy atom. The molecule has 0 aromatic rings. The molecule has 4 rings (SSSR count). The molecule has 1 heterocycles. The number of aliphatic carboxylic acids is 2. The van der Waals surface area contributed by atoms with Crippen molar-refractivity contribution in [2.24, 2.45) is 35.0 Å². The van der Waals surface area contributed by atoms with E-state index in [4.69, 9.17) is 9.47 Å². The number of ether oxygens (including phenoxy) is 2. The minimum atomic E-state index is -0.959. The molecule has 6 nitrogen and oxygen atoms in total. The van der Waals surface area contributed by atoms with Crippen molar-refractivity contribution >= 4 is 11.9 Å². The second kappa shape index (κ2) is 8.94. The summed E-state index contributed by atoms with van der Waals surface area (Å²) in [7, 11) is 0. The SMILES string of the molecule is C/C(=C\C1OC(C)(C)O[C@@H]1[C@H](C)C1=CC[C@@]2(C)C[C@@H]3[C@H](C)CC[C@@H]3C(C(=O)O)=CC[C@H]12)C(=O)O.